The molecular formula is C23H23Cl2N3. The molecule has 0 fully saturated rings. The van der Waals surface area contributed by atoms with Crippen molar-refractivity contribution in [1.29, 1.82) is 0 Å². The first-order valence-corrected chi connectivity index (χ1v) is 10.2. The van der Waals surface area contributed by atoms with Gasteiger partial charge in [-0.1, -0.05) is 54.0 Å². The van der Waals surface area contributed by atoms with Crippen molar-refractivity contribution in [3.05, 3.63) is 86.8 Å². The molecule has 2 aliphatic heterocycles. The summed E-state index contributed by atoms with van der Waals surface area (Å²) in [6.45, 7) is 12.4. The number of benzene rings is 2. The number of hydrogen-bond donors (Lipinski definition) is 0. The van der Waals surface area contributed by atoms with Crippen LogP contribution in [0.3, 0.4) is 0 Å². The monoisotopic (exact) mass is 411 g/mol. The van der Waals surface area contributed by atoms with Crippen LogP contribution in [0, 0.1) is 6.92 Å². The zero-order valence-electron chi connectivity index (χ0n) is 16.4. The Hall–Kier alpha value is -2.23. The highest BCUT2D eigenvalue weighted by atomic mass is 35.5. The number of halogens is 2. The van der Waals surface area contributed by atoms with Crippen LogP contribution in [0.1, 0.15) is 30.5 Å². The zero-order valence-corrected chi connectivity index (χ0v) is 17.9. The molecule has 0 atom stereocenters. The molecule has 28 heavy (non-hydrogen) atoms. The Morgan fingerprint density at radius 1 is 1.04 bits per heavy atom. The highest BCUT2D eigenvalue weighted by Crippen LogP contribution is 2.39. The summed E-state index contributed by atoms with van der Waals surface area (Å²) in [5.74, 6) is 1.83. The molecule has 0 saturated heterocycles. The first-order chi connectivity index (χ1) is 13.4. The van der Waals surface area contributed by atoms with Crippen LogP contribution in [-0.2, 0) is 13.0 Å². The molecule has 0 aliphatic carbocycles. The van der Waals surface area contributed by atoms with Crippen molar-refractivity contribution in [3.63, 3.8) is 0 Å². The molecular weight excluding hydrogens is 389 g/mol. The van der Waals surface area contributed by atoms with E-state index in [1.54, 1.807) is 6.07 Å². The van der Waals surface area contributed by atoms with Gasteiger partial charge in [0.15, 0.2) is 0 Å². The SMILES string of the molecule is C=C1C(C)=C(N2CCc3cccc(C)c3C2)N=C(C)N1c1cccc(Cl)c1Cl. The molecule has 0 amide bonds. The van der Waals surface area contributed by atoms with Crippen molar-refractivity contribution in [2.75, 3.05) is 11.4 Å². The lowest BCUT2D eigenvalue weighted by Crippen LogP contribution is -2.37. The van der Waals surface area contributed by atoms with Crippen LogP contribution in [0.25, 0.3) is 0 Å². The predicted octanol–water partition coefficient (Wildman–Crippen LogP) is 6.34. The third kappa shape index (κ3) is 3.13. The molecule has 0 aromatic heterocycles. The van der Waals surface area contributed by atoms with Gasteiger partial charge in [0, 0.05) is 24.4 Å². The highest BCUT2D eigenvalue weighted by molar-refractivity contribution is 6.44. The van der Waals surface area contributed by atoms with E-state index < -0.39 is 0 Å². The normalized spacial score (nSPS) is 17.0. The first-order valence-electron chi connectivity index (χ1n) is 9.40. The average Bonchev–Trinajstić information content (AvgIpc) is 2.68. The van der Waals surface area contributed by atoms with Gasteiger partial charge in [-0.15, -0.1) is 0 Å². The van der Waals surface area contributed by atoms with E-state index in [2.05, 4.69) is 43.5 Å². The Bertz CT molecular complexity index is 1030. The van der Waals surface area contributed by atoms with Crippen molar-refractivity contribution in [1.82, 2.24) is 4.90 Å². The van der Waals surface area contributed by atoms with Crippen molar-refractivity contribution in [3.8, 4) is 0 Å². The summed E-state index contributed by atoms with van der Waals surface area (Å²) >= 11 is 12.7. The lowest BCUT2D eigenvalue weighted by molar-refractivity contribution is 0.315. The first kappa shape index (κ1) is 19.1. The van der Waals surface area contributed by atoms with Gasteiger partial charge in [0.1, 0.15) is 11.7 Å². The van der Waals surface area contributed by atoms with E-state index in [0.29, 0.717) is 10.0 Å². The second-order valence-corrected chi connectivity index (χ2v) is 8.13. The van der Waals surface area contributed by atoms with Crippen LogP contribution in [0.2, 0.25) is 10.0 Å². The van der Waals surface area contributed by atoms with Crippen LogP contribution in [0.4, 0.5) is 5.69 Å². The van der Waals surface area contributed by atoms with Gasteiger partial charge in [-0.05, 0) is 56.0 Å². The molecule has 4 rings (SSSR count). The molecule has 0 N–H and O–H groups in total. The smallest absolute Gasteiger partial charge is 0.135 e. The van der Waals surface area contributed by atoms with Gasteiger partial charge in [0.2, 0.25) is 0 Å². The predicted molar refractivity (Wildman–Crippen MR) is 119 cm³/mol. The topological polar surface area (TPSA) is 18.8 Å². The van der Waals surface area contributed by atoms with Crippen LogP contribution in [-0.4, -0.2) is 17.3 Å². The van der Waals surface area contributed by atoms with E-state index in [9.17, 15) is 0 Å². The Balaban J connectivity index is 1.70. The van der Waals surface area contributed by atoms with Gasteiger partial charge in [-0.25, -0.2) is 4.99 Å². The second-order valence-electron chi connectivity index (χ2n) is 7.35. The lowest BCUT2D eigenvalue weighted by atomic mass is 9.95. The van der Waals surface area contributed by atoms with E-state index in [0.717, 1.165) is 48.1 Å². The van der Waals surface area contributed by atoms with Crippen LogP contribution in [0.15, 0.2) is 65.1 Å². The quantitative estimate of drug-likeness (QED) is 0.573. The molecule has 144 valence electrons. The molecule has 0 bridgehead atoms. The molecule has 2 heterocycles. The minimum atomic E-state index is 0.513. The number of aliphatic imine (C=N–C) groups is 1. The van der Waals surface area contributed by atoms with Crippen LogP contribution < -0.4 is 4.90 Å². The maximum atomic E-state index is 6.47. The van der Waals surface area contributed by atoms with Gasteiger partial charge in [0.05, 0.1) is 15.7 Å². The van der Waals surface area contributed by atoms with E-state index in [1.165, 1.54) is 16.7 Å². The van der Waals surface area contributed by atoms with E-state index in [-0.39, 0.29) is 0 Å². The highest BCUT2D eigenvalue weighted by Gasteiger charge is 2.28. The Labute approximate surface area is 176 Å². The number of nitrogens with zero attached hydrogens (tertiary/aromatic N) is 3. The molecule has 0 saturated carbocycles. The zero-order chi connectivity index (χ0) is 20.0. The number of rotatable bonds is 2. The molecule has 3 nitrogen and oxygen atoms in total. The van der Waals surface area contributed by atoms with Gasteiger partial charge in [-0.2, -0.15) is 0 Å². The maximum absolute atomic E-state index is 6.47. The molecule has 2 aromatic carbocycles. The molecule has 2 aromatic rings. The van der Waals surface area contributed by atoms with Crippen molar-refractivity contribution >= 4 is 34.7 Å². The number of amidine groups is 1. The summed E-state index contributed by atoms with van der Waals surface area (Å²) in [6.07, 6.45) is 1.03. The van der Waals surface area contributed by atoms with Crippen molar-refractivity contribution < 1.29 is 0 Å². The minimum absolute atomic E-state index is 0.513. The van der Waals surface area contributed by atoms with E-state index in [4.69, 9.17) is 28.2 Å². The fourth-order valence-electron chi connectivity index (χ4n) is 4.00. The molecule has 2 aliphatic rings. The number of allylic oxidation sites excluding steroid dienone is 1. The fraction of sp³-hybridized carbons (Fsp3) is 0.261. The minimum Gasteiger partial charge on any atom is -0.352 e. The standard InChI is InChI=1S/C23H23Cl2N3/c1-14-7-5-8-18-11-12-27(13-19(14)18)23-15(2)16(3)28(17(4)26-23)21-10-6-9-20(24)22(21)25/h5-10H,3,11-13H2,1-2,4H3. The Kier molecular flexibility index (Phi) is 4.98. The van der Waals surface area contributed by atoms with Crippen molar-refractivity contribution in [2.45, 2.75) is 33.7 Å². The number of aryl methyl sites for hydroxylation is 1. The molecule has 0 unspecified atom stereocenters. The number of fused-ring (bicyclic) bond motifs is 1. The maximum Gasteiger partial charge on any atom is 0.135 e. The summed E-state index contributed by atoms with van der Waals surface area (Å²) in [5.41, 5.74) is 6.92. The third-order valence-corrected chi connectivity index (χ3v) is 6.42. The van der Waals surface area contributed by atoms with E-state index >= 15 is 0 Å². The van der Waals surface area contributed by atoms with Crippen LogP contribution >= 0.6 is 23.2 Å². The molecule has 5 heteroatoms. The van der Waals surface area contributed by atoms with E-state index in [1.807, 2.05) is 24.0 Å². The number of hydrogen-bond acceptors (Lipinski definition) is 3. The fourth-order valence-corrected chi connectivity index (χ4v) is 4.38. The summed E-state index contributed by atoms with van der Waals surface area (Å²) in [4.78, 5) is 9.29. The second kappa shape index (κ2) is 7.31. The van der Waals surface area contributed by atoms with Crippen molar-refractivity contribution in [2.24, 2.45) is 4.99 Å². The lowest BCUT2D eigenvalue weighted by Gasteiger charge is -2.38. The molecule has 0 radical (unpaired) electrons. The Morgan fingerprint density at radius 2 is 1.79 bits per heavy atom. The van der Waals surface area contributed by atoms with Crippen LogP contribution in [0.5, 0.6) is 0 Å². The molecule has 0 spiro atoms. The summed E-state index contributed by atoms with van der Waals surface area (Å²) in [7, 11) is 0. The number of anilines is 1. The summed E-state index contributed by atoms with van der Waals surface area (Å²) in [5, 5.41) is 1.04. The van der Waals surface area contributed by atoms with Gasteiger partial charge in [-0.3, -0.25) is 4.90 Å². The Morgan fingerprint density at radius 3 is 2.57 bits per heavy atom. The van der Waals surface area contributed by atoms with Gasteiger partial charge in [0.25, 0.3) is 0 Å². The van der Waals surface area contributed by atoms with Gasteiger partial charge < -0.3 is 4.90 Å². The largest absolute Gasteiger partial charge is 0.352 e. The summed E-state index contributed by atoms with van der Waals surface area (Å²) < 4.78 is 0. The van der Waals surface area contributed by atoms with Gasteiger partial charge >= 0.3 is 0 Å². The summed E-state index contributed by atoms with van der Waals surface area (Å²) in [6, 6.07) is 12.2. The third-order valence-electron chi connectivity index (χ3n) is 5.61. The average molecular weight is 412 g/mol.